The van der Waals surface area contributed by atoms with Gasteiger partial charge in [0.2, 0.25) is 0 Å². The van der Waals surface area contributed by atoms with Crippen LogP contribution in [0.4, 0.5) is 0 Å². The Morgan fingerprint density at radius 2 is 2.35 bits per heavy atom. The van der Waals surface area contributed by atoms with Gasteiger partial charge in [-0.25, -0.2) is 4.98 Å². The minimum Gasteiger partial charge on any atom is -0.316 e. The van der Waals surface area contributed by atoms with E-state index in [4.69, 9.17) is 0 Å². The quantitative estimate of drug-likeness (QED) is 0.838. The maximum atomic E-state index is 4.34. The molecule has 0 bridgehead atoms. The molecule has 1 saturated heterocycles. The lowest BCUT2D eigenvalue weighted by atomic mass is 9.97. The summed E-state index contributed by atoms with van der Waals surface area (Å²) in [5.41, 5.74) is 3.20. The first-order valence-electron chi connectivity index (χ1n) is 7.97. The number of aromatic nitrogens is 1. The van der Waals surface area contributed by atoms with Crippen molar-refractivity contribution >= 4 is 11.3 Å². The summed E-state index contributed by atoms with van der Waals surface area (Å²) in [6.07, 6.45) is 3.92. The molecule has 0 saturated carbocycles. The average Bonchev–Trinajstić information content (AvgIpc) is 2.82. The SMILES string of the molecule is Cc1ncsc1CCN1CCCC(CNCC(C)C)C1. The molecule has 1 atom stereocenters. The van der Waals surface area contributed by atoms with Crippen molar-refractivity contribution in [3.63, 3.8) is 0 Å². The van der Waals surface area contributed by atoms with Gasteiger partial charge in [-0.05, 0) is 57.7 Å². The number of nitrogens with zero attached hydrogens (tertiary/aromatic N) is 2. The van der Waals surface area contributed by atoms with Crippen LogP contribution >= 0.6 is 11.3 Å². The van der Waals surface area contributed by atoms with E-state index in [1.807, 2.05) is 5.51 Å². The van der Waals surface area contributed by atoms with Crippen LogP contribution in [0.1, 0.15) is 37.3 Å². The highest BCUT2D eigenvalue weighted by Crippen LogP contribution is 2.18. The Morgan fingerprint density at radius 3 is 3.05 bits per heavy atom. The molecule has 0 aliphatic carbocycles. The fraction of sp³-hybridized carbons (Fsp3) is 0.812. The molecule has 114 valence electrons. The van der Waals surface area contributed by atoms with Crippen LogP contribution in [0.25, 0.3) is 0 Å². The van der Waals surface area contributed by atoms with E-state index in [2.05, 4.69) is 36.0 Å². The van der Waals surface area contributed by atoms with Crippen LogP contribution in [0.15, 0.2) is 5.51 Å². The van der Waals surface area contributed by atoms with Gasteiger partial charge in [-0.2, -0.15) is 0 Å². The molecule has 0 amide bonds. The minimum absolute atomic E-state index is 0.754. The number of aryl methyl sites for hydroxylation is 1. The molecule has 2 rings (SSSR count). The fourth-order valence-electron chi connectivity index (χ4n) is 2.92. The largest absolute Gasteiger partial charge is 0.316 e. The molecule has 0 spiro atoms. The molecule has 1 aliphatic rings. The Labute approximate surface area is 127 Å². The van der Waals surface area contributed by atoms with E-state index in [1.54, 1.807) is 11.3 Å². The van der Waals surface area contributed by atoms with E-state index in [1.165, 1.54) is 56.0 Å². The van der Waals surface area contributed by atoms with Gasteiger partial charge in [0.25, 0.3) is 0 Å². The van der Waals surface area contributed by atoms with Gasteiger partial charge in [-0.15, -0.1) is 11.3 Å². The fourth-order valence-corrected chi connectivity index (χ4v) is 3.69. The number of hydrogen-bond acceptors (Lipinski definition) is 4. The predicted octanol–water partition coefficient (Wildman–Crippen LogP) is 2.95. The third-order valence-electron chi connectivity index (χ3n) is 4.09. The molecule has 1 aliphatic heterocycles. The number of thiazole rings is 1. The van der Waals surface area contributed by atoms with Crippen molar-refractivity contribution < 1.29 is 0 Å². The van der Waals surface area contributed by atoms with Crippen LogP contribution in [-0.4, -0.2) is 42.6 Å². The van der Waals surface area contributed by atoms with Crippen molar-refractivity contribution in [1.29, 1.82) is 0 Å². The molecule has 4 heteroatoms. The third-order valence-corrected chi connectivity index (χ3v) is 5.08. The monoisotopic (exact) mass is 295 g/mol. The first kappa shape index (κ1) is 15.9. The van der Waals surface area contributed by atoms with Gasteiger partial charge in [0, 0.05) is 18.0 Å². The second-order valence-electron chi connectivity index (χ2n) is 6.47. The number of likely N-dealkylation sites (tertiary alicyclic amines) is 1. The van der Waals surface area contributed by atoms with Crippen molar-refractivity contribution in [2.45, 2.75) is 40.0 Å². The normalized spacial score (nSPS) is 20.7. The molecular formula is C16H29N3S. The zero-order valence-corrected chi connectivity index (χ0v) is 14.0. The Morgan fingerprint density at radius 1 is 1.50 bits per heavy atom. The van der Waals surface area contributed by atoms with E-state index in [0.29, 0.717) is 0 Å². The number of rotatable bonds is 7. The highest BCUT2D eigenvalue weighted by molar-refractivity contribution is 7.09. The standard InChI is InChI=1S/C16H29N3S/c1-13(2)9-17-10-15-5-4-7-19(11-15)8-6-16-14(3)18-12-20-16/h12-13,15,17H,4-11H2,1-3H3. The zero-order valence-electron chi connectivity index (χ0n) is 13.2. The molecule has 1 aromatic rings. The Balaban J connectivity index is 1.69. The van der Waals surface area contributed by atoms with Gasteiger partial charge in [0.05, 0.1) is 11.2 Å². The molecule has 0 aromatic carbocycles. The van der Waals surface area contributed by atoms with Gasteiger partial charge in [0.15, 0.2) is 0 Å². The Hall–Kier alpha value is -0.450. The summed E-state index contributed by atoms with van der Waals surface area (Å²) in [7, 11) is 0. The van der Waals surface area contributed by atoms with Crippen LogP contribution in [0, 0.1) is 18.8 Å². The lowest BCUT2D eigenvalue weighted by Crippen LogP contribution is -2.41. The third kappa shape index (κ3) is 5.15. The lowest BCUT2D eigenvalue weighted by Gasteiger charge is -2.33. The lowest BCUT2D eigenvalue weighted by molar-refractivity contribution is 0.173. The van der Waals surface area contributed by atoms with Gasteiger partial charge in [-0.1, -0.05) is 13.8 Å². The zero-order chi connectivity index (χ0) is 14.4. The van der Waals surface area contributed by atoms with Crippen LogP contribution in [-0.2, 0) is 6.42 Å². The maximum Gasteiger partial charge on any atom is 0.0797 e. The molecule has 1 aromatic heterocycles. The summed E-state index contributed by atoms with van der Waals surface area (Å²) in [6, 6.07) is 0. The summed E-state index contributed by atoms with van der Waals surface area (Å²) >= 11 is 1.81. The van der Waals surface area contributed by atoms with E-state index in [-0.39, 0.29) is 0 Å². The van der Waals surface area contributed by atoms with Gasteiger partial charge >= 0.3 is 0 Å². The molecule has 1 unspecified atom stereocenters. The Kier molecular flexibility index (Phi) is 6.46. The molecule has 3 nitrogen and oxygen atoms in total. The van der Waals surface area contributed by atoms with Crippen LogP contribution in [0.2, 0.25) is 0 Å². The van der Waals surface area contributed by atoms with E-state index < -0.39 is 0 Å². The van der Waals surface area contributed by atoms with Gasteiger partial charge in [-0.3, -0.25) is 0 Å². The summed E-state index contributed by atoms with van der Waals surface area (Å²) in [6.45, 7) is 12.8. The van der Waals surface area contributed by atoms with Crippen molar-refractivity contribution in [2.24, 2.45) is 11.8 Å². The van der Waals surface area contributed by atoms with Crippen LogP contribution in [0.3, 0.4) is 0 Å². The van der Waals surface area contributed by atoms with Gasteiger partial charge in [0.1, 0.15) is 0 Å². The first-order chi connectivity index (χ1) is 9.65. The highest BCUT2D eigenvalue weighted by Gasteiger charge is 2.19. The topological polar surface area (TPSA) is 28.2 Å². The van der Waals surface area contributed by atoms with E-state index in [9.17, 15) is 0 Å². The summed E-state index contributed by atoms with van der Waals surface area (Å²) in [4.78, 5) is 8.45. The van der Waals surface area contributed by atoms with Crippen molar-refractivity contribution in [1.82, 2.24) is 15.2 Å². The summed E-state index contributed by atoms with van der Waals surface area (Å²) < 4.78 is 0. The van der Waals surface area contributed by atoms with Gasteiger partial charge < -0.3 is 10.2 Å². The number of piperidine rings is 1. The molecule has 20 heavy (non-hydrogen) atoms. The maximum absolute atomic E-state index is 4.34. The second kappa shape index (κ2) is 8.11. The number of hydrogen-bond donors (Lipinski definition) is 1. The van der Waals surface area contributed by atoms with E-state index in [0.717, 1.165) is 18.4 Å². The molecule has 1 fully saturated rings. The summed E-state index contributed by atoms with van der Waals surface area (Å²) in [5.74, 6) is 1.59. The average molecular weight is 295 g/mol. The molecule has 1 N–H and O–H groups in total. The Bertz CT molecular complexity index is 389. The van der Waals surface area contributed by atoms with Crippen molar-refractivity contribution in [2.75, 3.05) is 32.7 Å². The van der Waals surface area contributed by atoms with Crippen LogP contribution < -0.4 is 5.32 Å². The molecule has 0 radical (unpaired) electrons. The minimum atomic E-state index is 0.754. The van der Waals surface area contributed by atoms with Crippen molar-refractivity contribution in [3.8, 4) is 0 Å². The first-order valence-corrected chi connectivity index (χ1v) is 8.85. The number of nitrogens with one attached hydrogen (secondary N) is 1. The second-order valence-corrected chi connectivity index (χ2v) is 7.41. The highest BCUT2D eigenvalue weighted by atomic mass is 32.1. The predicted molar refractivity (Wildman–Crippen MR) is 87.4 cm³/mol. The van der Waals surface area contributed by atoms with Crippen LogP contribution in [0.5, 0.6) is 0 Å². The molecular weight excluding hydrogens is 266 g/mol. The van der Waals surface area contributed by atoms with Crippen molar-refractivity contribution in [3.05, 3.63) is 16.1 Å². The smallest absolute Gasteiger partial charge is 0.0797 e. The summed E-state index contributed by atoms with van der Waals surface area (Å²) in [5, 5.41) is 3.62. The van der Waals surface area contributed by atoms with E-state index >= 15 is 0 Å². The molecule has 2 heterocycles.